The van der Waals surface area contributed by atoms with Gasteiger partial charge in [0.2, 0.25) is 11.8 Å². The molecular weight excluding hydrogens is 511 g/mol. The van der Waals surface area contributed by atoms with E-state index in [1.807, 2.05) is 9.80 Å². The topological polar surface area (TPSA) is 97.9 Å². The minimum Gasteiger partial charge on any atom is -0.355 e. The summed E-state index contributed by atoms with van der Waals surface area (Å²) in [6.45, 7) is 4.71. The second-order valence-corrected chi connectivity index (χ2v) is 10.2. The SMILES string of the molecule is O=C(CN1CCN(C(=O)c2csc(Nc3ccc(Cl)c(Cl)c3)n2)CC1)NCCCN1CCCC1=O. The highest BCUT2D eigenvalue weighted by molar-refractivity contribution is 7.14. The lowest BCUT2D eigenvalue weighted by Crippen LogP contribution is -2.51. The van der Waals surface area contributed by atoms with Gasteiger partial charge in [0.1, 0.15) is 5.69 Å². The first-order valence-electron chi connectivity index (χ1n) is 11.6. The van der Waals surface area contributed by atoms with Gasteiger partial charge in [-0.05, 0) is 31.0 Å². The highest BCUT2D eigenvalue weighted by Gasteiger charge is 2.25. The van der Waals surface area contributed by atoms with Crippen LogP contribution in [-0.4, -0.2) is 89.8 Å². The van der Waals surface area contributed by atoms with Crippen molar-refractivity contribution < 1.29 is 14.4 Å². The van der Waals surface area contributed by atoms with Gasteiger partial charge in [-0.3, -0.25) is 19.3 Å². The second kappa shape index (κ2) is 12.0. The van der Waals surface area contributed by atoms with Gasteiger partial charge in [0.25, 0.3) is 5.91 Å². The molecule has 2 aromatic rings. The van der Waals surface area contributed by atoms with Crippen LogP contribution in [0.1, 0.15) is 29.8 Å². The van der Waals surface area contributed by atoms with Crippen LogP contribution in [0.25, 0.3) is 0 Å². The Balaban J connectivity index is 1.16. The van der Waals surface area contributed by atoms with Crippen molar-refractivity contribution in [1.29, 1.82) is 0 Å². The van der Waals surface area contributed by atoms with Crippen molar-refractivity contribution in [2.45, 2.75) is 19.3 Å². The van der Waals surface area contributed by atoms with E-state index < -0.39 is 0 Å². The zero-order valence-electron chi connectivity index (χ0n) is 19.3. The summed E-state index contributed by atoms with van der Waals surface area (Å²) in [5.74, 6) is 0.0550. The van der Waals surface area contributed by atoms with Crippen LogP contribution in [0.3, 0.4) is 0 Å². The molecule has 2 aliphatic heterocycles. The van der Waals surface area contributed by atoms with Gasteiger partial charge in [0.05, 0.1) is 16.6 Å². The van der Waals surface area contributed by atoms with E-state index >= 15 is 0 Å². The molecule has 9 nitrogen and oxygen atoms in total. The molecule has 0 spiro atoms. The highest BCUT2D eigenvalue weighted by atomic mass is 35.5. The maximum atomic E-state index is 12.9. The number of piperazine rings is 1. The Morgan fingerprint density at radius 2 is 1.89 bits per heavy atom. The van der Waals surface area contributed by atoms with Crippen LogP contribution in [0.15, 0.2) is 23.6 Å². The number of amides is 3. The predicted molar refractivity (Wildman–Crippen MR) is 138 cm³/mol. The maximum absolute atomic E-state index is 12.9. The number of rotatable bonds is 9. The summed E-state index contributed by atoms with van der Waals surface area (Å²) in [6.07, 6.45) is 2.33. The average molecular weight is 539 g/mol. The molecule has 1 aromatic heterocycles. The molecule has 0 radical (unpaired) electrons. The summed E-state index contributed by atoms with van der Waals surface area (Å²) < 4.78 is 0. The number of thiazole rings is 1. The Hall–Kier alpha value is -2.40. The van der Waals surface area contributed by atoms with E-state index in [4.69, 9.17) is 23.2 Å². The number of nitrogens with one attached hydrogen (secondary N) is 2. The Labute approximate surface area is 218 Å². The first-order valence-corrected chi connectivity index (χ1v) is 13.3. The Bertz CT molecular complexity index is 1070. The maximum Gasteiger partial charge on any atom is 0.273 e. The fourth-order valence-electron chi connectivity index (χ4n) is 4.09. The number of carbonyl (C=O) groups is 3. The van der Waals surface area contributed by atoms with Gasteiger partial charge in [-0.15, -0.1) is 11.3 Å². The van der Waals surface area contributed by atoms with Gasteiger partial charge in [0, 0.05) is 63.3 Å². The molecule has 2 N–H and O–H groups in total. The van der Waals surface area contributed by atoms with E-state index in [-0.39, 0.29) is 17.7 Å². The predicted octanol–water partition coefficient (Wildman–Crippen LogP) is 3.08. The van der Waals surface area contributed by atoms with Gasteiger partial charge >= 0.3 is 0 Å². The van der Waals surface area contributed by atoms with Crippen molar-refractivity contribution >= 4 is 63.1 Å². The third-order valence-corrected chi connectivity index (χ3v) is 7.52. The van der Waals surface area contributed by atoms with Gasteiger partial charge in [-0.1, -0.05) is 23.2 Å². The van der Waals surface area contributed by atoms with Crippen LogP contribution in [0.4, 0.5) is 10.8 Å². The first-order chi connectivity index (χ1) is 16.9. The number of anilines is 2. The minimum absolute atomic E-state index is 0.0324. The van der Waals surface area contributed by atoms with Gasteiger partial charge in [0.15, 0.2) is 5.13 Å². The van der Waals surface area contributed by atoms with Crippen molar-refractivity contribution in [1.82, 2.24) is 25.0 Å². The normalized spacial score (nSPS) is 16.6. The number of hydrogen-bond donors (Lipinski definition) is 2. The zero-order valence-corrected chi connectivity index (χ0v) is 21.6. The van der Waals surface area contributed by atoms with Crippen molar-refractivity contribution in [3.05, 3.63) is 39.3 Å². The smallest absolute Gasteiger partial charge is 0.273 e. The first kappa shape index (κ1) is 25.7. The molecule has 0 unspecified atom stereocenters. The van der Waals surface area contributed by atoms with Crippen molar-refractivity contribution in [3.63, 3.8) is 0 Å². The Morgan fingerprint density at radius 3 is 2.60 bits per heavy atom. The number of carbonyl (C=O) groups excluding carboxylic acids is 3. The van der Waals surface area contributed by atoms with Crippen LogP contribution in [0.2, 0.25) is 10.0 Å². The highest BCUT2D eigenvalue weighted by Crippen LogP contribution is 2.28. The molecule has 4 rings (SSSR count). The molecule has 188 valence electrons. The molecule has 0 aliphatic carbocycles. The number of halogens is 2. The fourth-order valence-corrected chi connectivity index (χ4v) is 5.10. The summed E-state index contributed by atoms with van der Waals surface area (Å²) in [5, 5.41) is 9.31. The monoisotopic (exact) mass is 538 g/mol. The Kier molecular flexibility index (Phi) is 8.83. The van der Waals surface area contributed by atoms with Crippen LogP contribution in [0, 0.1) is 0 Å². The zero-order chi connectivity index (χ0) is 24.8. The van der Waals surface area contributed by atoms with E-state index in [0.717, 1.165) is 25.1 Å². The summed E-state index contributed by atoms with van der Waals surface area (Å²) in [4.78, 5) is 46.8. The molecule has 3 amide bonds. The molecular formula is C23H28Cl2N6O3S. The quantitative estimate of drug-likeness (QED) is 0.476. The summed E-state index contributed by atoms with van der Waals surface area (Å²) in [6, 6.07) is 5.19. The van der Waals surface area contributed by atoms with Gasteiger partial charge in [-0.25, -0.2) is 4.98 Å². The van der Waals surface area contributed by atoms with Crippen LogP contribution < -0.4 is 10.6 Å². The van der Waals surface area contributed by atoms with Gasteiger partial charge in [-0.2, -0.15) is 0 Å². The molecule has 2 fully saturated rings. The van der Waals surface area contributed by atoms with Crippen LogP contribution >= 0.6 is 34.5 Å². The summed E-state index contributed by atoms with van der Waals surface area (Å²) >= 11 is 13.3. The van der Waals surface area contributed by atoms with E-state index in [9.17, 15) is 14.4 Å². The molecule has 2 aliphatic rings. The van der Waals surface area contributed by atoms with E-state index in [1.165, 1.54) is 11.3 Å². The summed E-state index contributed by atoms with van der Waals surface area (Å²) in [5.41, 5.74) is 1.13. The number of benzene rings is 1. The van der Waals surface area contributed by atoms with Crippen molar-refractivity contribution in [2.24, 2.45) is 0 Å². The molecule has 12 heteroatoms. The molecule has 3 heterocycles. The van der Waals surface area contributed by atoms with Crippen LogP contribution in [-0.2, 0) is 9.59 Å². The second-order valence-electron chi connectivity index (χ2n) is 8.55. The van der Waals surface area contributed by atoms with E-state index in [0.29, 0.717) is 73.1 Å². The van der Waals surface area contributed by atoms with Crippen LogP contribution in [0.5, 0.6) is 0 Å². The van der Waals surface area contributed by atoms with E-state index in [2.05, 4.69) is 15.6 Å². The number of nitrogens with zero attached hydrogens (tertiary/aromatic N) is 4. The summed E-state index contributed by atoms with van der Waals surface area (Å²) in [7, 11) is 0. The molecule has 2 saturated heterocycles. The minimum atomic E-state index is -0.121. The lowest BCUT2D eigenvalue weighted by molar-refractivity contribution is -0.127. The van der Waals surface area contributed by atoms with Gasteiger partial charge < -0.3 is 20.4 Å². The lowest BCUT2D eigenvalue weighted by Gasteiger charge is -2.34. The molecule has 0 atom stereocenters. The van der Waals surface area contributed by atoms with E-state index in [1.54, 1.807) is 28.5 Å². The van der Waals surface area contributed by atoms with Crippen molar-refractivity contribution in [2.75, 3.05) is 57.7 Å². The molecule has 1 aromatic carbocycles. The molecule has 35 heavy (non-hydrogen) atoms. The fraction of sp³-hybridized carbons (Fsp3) is 0.478. The third kappa shape index (κ3) is 7.07. The molecule has 0 saturated carbocycles. The third-order valence-electron chi connectivity index (χ3n) is 6.02. The number of hydrogen-bond acceptors (Lipinski definition) is 7. The van der Waals surface area contributed by atoms with Crippen molar-refractivity contribution in [3.8, 4) is 0 Å². The molecule has 0 bridgehead atoms. The largest absolute Gasteiger partial charge is 0.355 e. The average Bonchev–Trinajstić information content (AvgIpc) is 3.48. The number of aromatic nitrogens is 1. The lowest BCUT2D eigenvalue weighted by atomic mass is 10.3. The number of likely N-dealkylation sites (tertiary alicyclic amines) is 1. The Morgan fingerprint density at radius 1 is 1.09 bits per heavy atom. The standard InChI is InChI=1S/C23H28Cl2N6O3S/c24-17-5-4-16(13-18(17)25)27-23-28-19(15-35-23)22(34)31-11-9-29(10-12-31)14-20(32)26-6-2-8-30-7-1-3-21(30)33/h4-5,13,15H,1-3,6-12,14H2,(H,26,32)(H,27,28).